The predicted octanol–water partition coefficient (Wildman–Crippen LogP) is 2.61. The number of carbonyl (C=O) groups is 2. The highest BCUT2D eigenvalue weighted by Gasteiger charge is 2.14. The summed E-state index contributed by atoms with van der Waals surface area (Å²) in [5.74, 6) is -0.262. The van der Waals surface area contributed by atoms with Gasteiger partial charge in [-0.25, -0.2) is 0 Å². The first-order chi connectivity index (χ1) is 13.2. The first-order valence-corrected chi connectivity index (χ1v) is 8.93. The Hall–Kier alpha value is -2.96. The van der Waals surface area contributed by atoms with Gasteiger partial charge in [0.05, 0.1) is 19.8 Å². The van der Waals surface area contributed by atoms with Crippen molar-refractivity contribution in [3.8, 4) is 0 Å². The molecule has 2 aromatic carbocycles. The molecule has 6 nitrogen and oxygen atoms in total. The van der Waals surface area contributed by atoms with E-state index < -0.39 is 0 Å². The van der Waals surface area contributed by atoms with Gasteiger partial charge < -0.3 is 15.4 Å². The van der Waals surface area contributed by atoms with Crippen molar-refractivity contribution in [2.75, 3.05) is 43.5 Å². The molecule has 1 aliphatic rings. The minimum atomic E-state index is -0.206. The number of ether oxygens (including phenoxy) is 1. The third kappa shape index (κ3) is 6.36. The van der Waals surface area contributed by atoms with E-state index in [0.717, 1.165) is 18.7 Å². The molecule has 1 aliphatic heterocycles. The van der Waals surface area contributed by atoms with Crippen molar-refractivity contribution < 1.29 is 14.3 Å². The molecule has 140 valence electrons. The van der Waals surface area contributed by atoms with Crippen molar-refractivity contribution in [1.82, 2.24) is 4.90 Å². The van der Waals surface area contributed by atoms with Crippen molar-refractivity contribution in [1.29, 1.82) is 0 Å². The van der Waals surface area contributed by atoms with E-state index in [-0.39, 0.29) is 11.8 Å². The van der Waals surface area contributed by atoms with Crippen LogP contribution in [0, 0.1) is 0 Å². The summed E-state index contributed by atoms with van der Waals surface area (Å²) in [6.45, 7) is 3.23. The van der Waals surface area contributed by atoms with Crippen molar-refractivity contribution in [3.05, 3.63) is 66.2 Å². The molecule has 1 saturated heterocycles. The molecule has 0 atom stereocenters. The van der Waals surface area contributed by atoms with E-state index in [4.69, 9.17) is 4.74 Å². The quantitative estimate of drug-likeness (QED) is 0.772. The Bertz CT molecular complexity index is 782. The normalized spacial score (nSPS) is 14.8. The summed E-state index contributed by atoms with van der Waals surface area (Å²) in [6, 6.07) is 16.7. The van der Waals surface area contributed by atoms with Crippen LogP contribution in [0.25, 0.3) is 6.08 Å². The van der Waals surface area contributed by atoms with Gasteiger partial charge in [0.2, 0.25) is 11.8 Å². The number of nitrogens with zero attached hydrogens (tertiary/aromatic N) is 1. The lowest BCUT2D eigenvalue weighted by Gasteiger charge is -2.25. The lowest BCUT2D eigenvalue weighted by Crippen LogP contribution is -2.41. The van der Waals surface area contributed by atoms with Crippen LogP contribution in [0.15, 0.2) is 60.7 Å². The topological polar surface area (TPSA) is 70.7 Å². The third-order valence-corrected chi connectivity index (χ3v) is 4.13. The van der Waals surface area contributed by atoms with Gasteiger partial charge in [-0.1, -0.05) is 30.3 Å². The third-order valence-electron chi connectivity index (χ3n) is 4.13. The van der Waals surface area contributed by atoms with Crippen molar-refractivity contribution in [3.63, 3.8) is 0 Å². The summed E-state index contributed by atoms with van der Waals surface area (Å²) >= 11 is 0. The fourth-order valence-corrected chi connectivity index (χ4v) is 2.72. The van der Waals surface area contributed by atoms with E-state index in [0.29, 0.717) is 31.1 Å². The van der Waals surface area contributed by atoms with Crippen LogP contribution >= 0.6 is 0 Å². The number of amides is 2. The Morgan fingerprint density at radius 2 is 1.56 bits per heavy atom. The summed E-state index contributed by atoms with van der Waals surface area (Å²) < 4.78 is 5.27. The molecule has 0 aromatic heterocycles. The average Bonchev–Trinajstić information content (AvgIpc) is 2.69. The standard InChI is InChI=1S/C21H23N3O3/c25-20(11-6-17-4-2-1-3-5-17)22-18-7-9-19(10-8-18)23-21(26)16-24-12-14-27-15-13-24/h1-11H,12-16H2,(H,22,25)(H,23,26)/b11-6+. The minimum Gasteiger partial charge on any atom is -0.379 e. The SMILES string of the molecule is O=C(/C=C/c1ccccc1)Nc1ccc(NC(=O)CN2CCOCC2)cc1. The van der Waals surface area contributed by atoms with E-state index in [1.807, 2.05) is 30.3 Å². The molecular weight excluding hydrogens is 342 g/mol. The van der Waals surface area contributed by atoms with Gasteiger partial charge in [-0.3, -0.25) is 14.5 Å². The van der Waals surface area contributed by atoms with E-state index in [1.165, 1.54) is 6.08 Å². The molecule has 0 saturated carbocycles. The smallest absolute Gasteiger partial charge is 0.248 e. The fraction of sp³-hybridized carbons (Fsp3) is 0.238. The second kappa shape index (κ2) is 9.66. The van der Waals surface area contributed by atoms with Gasteiger partial charge in [-0.15, -0.1) is 0 Å². The number of benzene rings is 2. The van der Waals surface area contributed by atoms with Crippen LogP contribution in [0.4, 0.5) is 11.4 Å². The maximum absolute atomic E-state index is 12.1. The zero-order valence-corrected chi connectivity index (χ0v) is 15.1. The van der Waals surface area contributed by atoms with Crippen molar-refractivity contribution in [2.45, 2.75) is 0 Å². The van der Waals surface area contributed by atoms with Crippen LogP contribution in [-0.4, -0.2) is 49.6 Å². The van der Waals surface area contributed by atoms with Crippen LogP contribution in [0.5, 0.6) is 0 Å². The molecule has 0 radical (unpaired) electrons. The van der Waals surface area contributed by atoms with Gasteiger partial charge in [0.15, 0.2) is 0 Å². The van der Waals surface area contributed by atoms with E-state index in [9.17, 15) is 9.59 Å². The lowest BCUT2D eigenvalue weighted by molar-refractivity contribution is -0.118. The second-order valence-electron chi connectivity index (χ2n) is 6.25. The molecule has 0 unspecified atom stereocenters. The fourth-order valence-electron chi connectivity index (χ4n) is 2.72. The van der Waals surface area contributed by atoms with Crippen LogP contribution in [0.2, 0.25) is 0 Å². The molecular formula is C21H23N3O3. The van der Waals surface area contributed by atoms with Crippen LogP contribution in [0.1, 0.15) is 5.56 Å². The Kier molecular flexibility index (Phi) is 6.73. The van der Waals surface area contributed by atoms with Crippen LogP contribution in [0.3, 0.4) is 0 Å². The Labute approximate surface area is 158 Å². The zero-order valence-electron chi connectivity index (χ0n) is 15.1. The molecule has 1 heterocycles. The molecule has 2 N–H and O–H groups in total. The first-order valence-electron chi connectivity index (χ1n) is 8.93. The Morgan fingerprint density at radius 1 is 0.926 bits per heavy atom. The highest BCUT2D eigenvalue weighted by molar-refractivity contribution is 6.02. The summed E-state index contributed by atoms with van der Waals surface area (Å²) in [5, 5.41) is 5.67. The monoisotopic (exact) mass is 365 g/mol. The molecule has 1 fully saturated rings. The summed E-state index contributed by atoms with van der Waals surface area (Å²) in [7, 11) is 0. The Balaban J connectivity index is 1.47. The van der Waals surface area contributed by atoms with Gasteiger partial charge in [-0.05, 0) is 35.9 Å². The average molecular weight is 365 g/mol. The molecule has 0 spiro atoms. The minimum absolute atomic E-state index is 0.0560. The second-order valence-corrected chi connectivity index (χ2v) is 6.25. The molecule has 2 aromatic rings. The van der Waals surface area contributed by atoms with Gasteiger partial charge in [-0.2, -0.15) is 0 Å². The maximum atomic E-state index is 12.1. The number of carbonyl (C=O) groups excluding carboxylic acids is 2. The predicted molar refractivity (Wildman–Crippen MR) is 106 cm³/mol. The van der Waals surface area contributed by atoms with Crippen molar-refractivity contribution in [2.24, 2.45) is 0 Å². The molecule has 6 heteroatoms. The highest BCUT2D eigenvalue weighted by atomic mass is 16.5. The van der Waals surface area contributed by atoms with E-state index in [2.05, 4.69) is 15.5 Å². The number of hydrogen-bond acceptors (Lipinski definition) is 4. The van der Waals surface area contributed by atoms with Gasteiger partial charge >= 0.3 is 0 Å². The number of rotatable bonds is 6. The van der Waals surface area contributed by atoms with Gasteiger partial charge in [0, 0.05) is 30.5 Å². The highest BCUT2D eigenvalue weighted by Crippen LogP contribution is 2.14. The van der Waals surface area contributed by atoms with E-state index >= 15 is 0 Å². The molecule has 2 amide bonds. The largest absolute Gasteiger partial charge is 0.379 e. The maximum Gasteiger partial charge on any atom is 0.248 e. The number of anilines is 2. The number of morpholine rings is 1. The first kappa shape index (κ1) is 18.8. The summed E-state index contributed by atoms with van der Waals surface area (Å²) in [6.07, 6.45) is 3.25. The summed E-state index contributed by atoms with van der Waals surface area (Å²) in [5.41, 5.74) is 2.33. The lowest BCUT2D eigenvalue weighted by atomic mass is 10.2. The molecule has 0 aliphatic carbocycles. The number of hydrogen-bond donors (Lipinski definition) is 2. The van der Waals surface area contributed by atoms with Gasteiger partial charge in [0.25, 0.3) is 0 Å². The van der Waals surface area contributed by atoms with Crippen molar-refractivity contribution >= 4 is 29.3 Å². The molecule has 27 heavy (non-hydrogen) atoms. The van der Waals surface area contributed by atoms with Gasteiger partial charge in [0.1, 0.15) is 0 Å². The molecule has 0 bridgehead atoms. The van der Waals surface area contributed by atoms with Crippen LogP contribution in [-0.2, 0) is 14.3 Å². The summed E-state index contributed by atoms with van der Waals surface area (Å²) in [4.78, 5) is 26.1. The van der Waals surface area contributed by atoms with E-state index in [1.54, 1.807) is 30.3 Å². The zero-order chi connectivity index (χ0) is 18.9. The molecule has 3 rings (SSSR count). The van der Waals surface area contributed by atoms with Crippen LogP contribution < -0.4 is 10.6 Å². The Morgan fingerprint density at radius 3 is 2.22 bits per heavy atom. The number of nitrogens with one attached hydrogen (secondary N) is 2.